The molecule has 0 saturated heterocycles. The second kappa shape index (κ2) is 9.32. The van der Waals surface area contributed by atoms with Gasteiger partial charge < -0.3 is 14.2 Å². The van der Waals surface area contributed by atoms with Crippen LogP contribution in [0.5, 0.6) is 11.5 Å². The number of hydrazine groups is 1. The number of hydrogen-bond acceptors (Lipinski definition) is 9. The first-order valence-corrected chi connectivity index (χ1v) is 8.40. The molecule has 0 bridgehead atoms. The van der Waals surface area contributed by atoms with Gasteiger partial charge in [0.25, 0.3) is 11.8 Å². The van der Waals surface area contributed by atoms with Crippen molar-refractivity contribution >= 4 is 34.1 Å². The minimum Gasteiger partial charge on any atom is -0.493 e. The molecule has 0 radical (unpaired) electrons. The van der Waals surface area contributed by atoms with Gasteiger partial charge in [-0.3, -0.25) is 30.6 Å². The zero-order valence-electron chi connectivity index (χ0n) is 14.7. The number of ether oxygens (including phenoxy) is 3. The summed E-state index contributed by atoms with van der Waals surface area (Å²) in [5, 5.41) is 10.4. The second-order valence-corrected chi connectivity index (χ2v) is 6.11. The van der Waals surface area contributed by atoms with Crippen LogP contribution in [0.2, 0.25) is 0 Å². The van der Waals surface area contributed by atoms with Gasteiger partial charge in [0.15, 0.2) is 18.1 Å². The number of carbonyl (C=O) groups is 3. The lowest BCUT2D eigenvalue weighted by Crippen LogP contribution is -2.43. The lowest BCUT2D eigenvalue weighted by molar-refractivity contribution is -0.380. The summed E-state index contributed by atoms with van der Waals surface area (Å²) in [5.74, 6) is -1.55. The maximum atomic E-state index is 12.1. The van der Waals surface area contributed by atoms with E-state index in [2.05, 4.69) is 10.9 Å². The van der Waals surface area contributed by atoms with E-state index >= 15 is 0 Å². The smallest absolute Gasteiger partial charge is 0.349 e. The summed E-state index contributed by atoms with van der Waals surface area (Å²) < 4.78 is 14.9. The van der Waals surface area contributed by atoms with E-state index in [1.807, 2.05) is 0 Å². The molecular weight excluding hydrogens is 394 g/mol. The molecule has 12 heteroatoms. The fourth-order valence-corrected chi connectivity index (χ4v) is 2.66. The highest BCUT2D eigenvalue weighted by atomic mass is 32.1. The number of nitro groups is 1. The van der Waals surface area contributed by atoms with Crippen LogP contribution < -0.4 is 20.3 Å². The number of nitrogens with one attached hydrogen (secondary N) is 2. The Kier molecular flexibility index (Phi) is 6.87. The molecule has 2 N–H and O–H groups in total. The van der Waals surface area contributed by atoms with Crippen LogP contribution in [0.3, 0.4) is 0 Å². The van der Waals surface area contributed by atoms with Crippen molar-refractivity contribution in [1.29, 1.82) is 0 Å². The third-order valence-electron chi connectivity index (χ3n) is 3.27. The lowest BCUT2D eigenvalue weighted by atomic mass is 10.2. The Morgan fingerprint density at radius 2 is 1.79 bits per heavy atom. The fourth-order valence-electron chi connectivity index (χ4n) is 1.95. The van der Waals surface area contributed by atoms with E-state index in [9.17, 15) is 24.5 Å². The highest BCUT2D eigenvalue weighted by Crippen LogP contribution is 2.27. The first kappa shape index (κ1) is 20.6. The normalized spacial score (nSPS) is 9.93. The predicted octanol–water partition coefficient (Wildman–Crippen LogP) is 1.29. The molecule has 0 atom stereocenters. The van der Waals surface area contributed by atoms with Gasteiger partial charge in [0.05, 0.1) is 19.1 Å². The number of rotatable bonds is 7. The van der Waals surface area contributed by atoms with Crippen LogP contribution >= 0.6 is 11.3 Å². The van der Waals surface area contributed by atoms with Gasteiger partial charge in [-0.25, -0.2) is 4.79 Å². The Bertz CT molecular complexity index is 911. The van der Waals surface area contributed by atoms with Crippen molar-refractivity contribution in [2.75, 3.05) is 20.8 Å². The number of benzene rings is 1. The number of nitrogens with zero attached hydrogens (tertiary/aromatic N) is 1. The van der Waals surface area contributed by atoms with Crippen LogP contribution in [0.4, 0.5) is 5.00 Å². The quantitative estimate of drug-likeness (QED) is 0.395. The van der Waals surface area contributed by atoms with Gasteiger partial charge in [0, 0.05) is 11.6 Å². The van der Waals surface area contributed by atoms with Crippen molar-refractivity contribution in [2.24, 2.45) is 0 Å². The first-order chi connectivity index (χ1) is 13.3. The third-order valence-corrected chi connectivity index (χ3v) is 4.29. The van der Waals surface area contributed by atoms with E-state index in [0.717, 1.165) is 6.07 Å². The molecule has 28 heavy (non-hydrogen) atoms. The minimum atomic E-state index is -0.889. The van der Waals surface area contributed by atoms with E-state index in [-0.39, 0.29) is 15.4 Å². The predicted molar refractivity (Wildman–Crippen MR) is 96.4 cm³/mol. The molecule has 0 aliphatic rings. The fraction of sp³-hybridized carbons (Fsp3) is 0.188. The Hall–Kier alpha value is -3.67. The topological polar surface area (TPSA) is 146 Å². The molecule has 2 amide bonds. The average molecular weight is 409 g/mol. The summed E-state index contributed by atoms with van der Waals surface area (Å²) in [6.45, 7) is -0.684. The summed E-state index contributed by atoms with van der Waals surface area (Å²) >= 11 is 0.626. The Morgan fingerprint density at radius 1 is 1.07 bits per heavy atom. The summed E-state index contributed by atoms with van der Waals surface area (Å²) in [7, 11) is 2.87. The van der Waals surface area contributed by atoms with Crippen molar-refractivity contribution in [3.05, 3.63) is 50.9 Å². The molecule has 2 rings (SSSR count). The number of thiophene rings is 1. The van der Waals surface area contributed by atoms with Gasteiger partial charge in [-0.2, -0.15) is 0 Å². The monoisotopic (exact) mass is 409 g/mol. The molecule has 0 spiro atoms. The molecule has 148 valence electrons. The number of carbonyl (C=O) groups excluding carboxylic acids is 3. The molecule has 0 saturated carbocycles. The number of amides is 2. The van der Waals surface area contributed by atoms with Crippen molar-refractivity contribution in [1.82, 2.24) is 10.9 Å². The minimum absolute atomic E-state index is 0.0196. The maximum Gasteiger partial charge on any atom is 0.349 e. The van der Waals surface area contributed by atoms with Gasteiger partial charge in [0.2, 0.25) is 0 Å². The molecule has 0 fully saturated rings. The standard InChI is InChI=1S/C16H15N3O8S/c1-25-10-4-3-9(7-11(10)26-2)15(21)18-17-13(20)8-27-16(22)12-5-6-14(28-12)19(23)24/h3-7H,8H2,1-2H3,(H,17,20)(H,18,21). The largest absolute Gasteiger partial charge is 0.493 e. The third kappa shape index (κ3) is 5.17. The SMILES string of the molecule is COc1ccc(C(=O)NNC(=O)COC(=O)c2ccc([N+](=O)[O-])s2)cc1OC. The average Bonchev–Trinajstić information content (AvgIpc) is 3.20. The molecular formula is C16H15N3O8S. The zero-order chi connectivity index (χ0) is 20.7. The summed E-state index contributed by atoms with van der Waals surface area (Å²) in [6, 6.07) is 6.79. The van der Waals surface area contributed by atoms with Gasteiger partial charge in [-0.15, -0.1) is 0 Å². The Balaban J connectivity index is 1.84. The van der Waals surface area contributed by atoms with Crippen molar-refractivity contribution < 1.29 is 33.5 Å². The van der Waals surface area contributed by atoms with E-state index in [4.69, 9.17) is 14.2 Å². The molecule has 1 aromatic heterocycles. The van der Waals surface area contributed by atoms with Crippen LogP contribution in [0, 0.1) is 10.1 Å². The van der Waals surface area contributed by atoms with Gasteiger partial charge in [-0.1, -0.05) is 11.3 Å². The summed E-state index contributed by atoms with van der Waals surface area (Å²) in [6.07, 6.45) is 0. The molecule has 0 unspecified atom stereocenters. The molecule has 1 heterocycles. The Labute approximate surface area is 162 Å². The first-order valence-electron chi connectivity index (χ1n) is 7.58. The number of methoxy groups -OCH3 is 2. The highest BCUT2D eigenvalue weighted by Gasteiger charge is 2.18. The van der Waals surface area contributed by atoms with Crippen molar-refractivity contribution in [2.45, 2.75) is 0 Å². The van der Waals surface area contributed by atoms with Gasteiger partial charge >= 0.3 is 11.0 Å². The molecule has 1 aromatic carbocycles. The van der Waals surface area contributed by atoms with E-state index in [1.54, 1.807) is 0 Å². The van der Waals surface area contributed by atoms with Crippen LogP contribution in [-0.2, 0) is 9.53 Å². The maximum absolute atomic E-state index is 12.1. The van der Waals surface area contributed by atoms with E-state index < -0.39 is 29.3 Å². The molecule has 0 aliphatic carbocycles. The van der Waals surface area contributed by atoms with Gasteiger partial charge in [-0.05, 0) is 24.3 Å². The van der Waals surface area contributed by atoms with E-state index in [1.165, 1.54) is 38.5 Å². The second-order valence-electron chi connectivity index (χ2n) is 5.04. The Morgan fingerprint density at radius 3 is 2.39 bits per heavy atom. The van der Waals surface area contributed by atoms with Crippen LogP contribution in [0.15, 0.2) is 30.3 Å². The van der Waals surface area contributed by atoms with Crippen LogP contribution in [-0.4, -0.2) is 43.5 Å². The molecule has 11 nitrogen and oxygen atoms in total. The van der Waals surface area contributed by atoms with Crippen molar-refractivity contribution in [3.63, 3.8) is 0 Å². The molecule has 0 aliphatic heterocycles. The van der Waals surface area contributed by atoms with Crippen LogP contribution in [0.1, 0.15) is 20.0 Å². The van der Waals surface area contributed by atoms with Crippen molar-refractivity contribution in [3.8, 4) is 11.5 Å². The summed E-state index contributed by atoms with van der Waals surface area (Å²) in [4.78, 5) is 45.4. The summed E-state index contributed by atoms with van der Waals surface area (Å²) in [5.41, 5.74) is 4.44. The number of hydrogen-bond donors (Lipinski definition) is 2. The number of esters is 1. The van der Waals surface area contributed by atoms with Gasteiger partial charge in [0.1, 0.15) is 4.88 Å². The highest BCUT2D eigenvalue weighted by molar-refractivity contribution is 7.17. The molecule has 2 aromatic rings. The van der Waals surface area contributed by atoms with Crippen LogP contribution in [0.25, 0.3) is 0 Å². The lowest BCUT2D eigenvalue weighted by Gasteiger charge is -2.10. The zero-order valence-corrected chi connectivity index (χ0v) is 15.5. The van der Waals surface area contributed by atoms with E-state index in [0.29, 0.717) is 22.8 Å².